The molecule has 5 aliphatic rings. The number of fused-ring (bicyclic) bond motifs is 7. The van der Waals surface area contributed by atoms with Crippen LogP contribution in [0.15, 0.2) is 42.0 Å². The number of ketones is 1. The number of hydrogen-bond acceptors (Lipinski definition) is 3. The molecule has 4 saturated carbocycles. The van der Waals surface area contributed by atoms with Gasteiger partial charge in [-0.2, -0.15) is 0 Å². The van der Waals surface area contributed by atoms with Crippen molar-refractivity contribution >= 4 is 11.8 Å². The first-order valence-electron chi connectivity index (χ1n) is 16.1. The quantitative estimate of drug-likeness (QED) is 0.281. The Hall–Kier alpha value is -1.90. The summed E-state index contributed by atoms with van der Waals surface area (Å²) in [6.07, 6.45) is 12.9. The molecule has 1 aromatic rings. The molecule has 6 rings (SSSR count). The van der Waals surface area contributed by atoms with E-state index in [1.165, 1.54) is 6.42 Å². The summed E-state index contributed by atoms with van der Waals surface area (Å²) in [5, 5.41) is 0. The molecule has 0 aliphatic heterocycles. The molecule has 0 amide bonds. The van der Waals surface area contributed by atoms with Gasteiger partial charge in [0.2, 0.25) is 0 Å². The highest BCUT2D eigenvalue weighted by Crippen LogP contribution is 2.75. The average Bonchev–Trinajstić information content (AvgIpc) is 2.90. The fraction of sp³-hybridized carbons (Fsp3) is 0.730. The van der Waals surface area contributed by atoms with Crippen molar-refractivity contribution in [3.8, 4) is 0 Å². The predicted octanol–water partition coefficient (Wildman–Crippen LogP) is 9.10. The van der Waals surface area contributed by atoms with Crippen LogP contribution in [0.5, 0.6) is 0 Å². The van der Waals surface area contributed by atoms with E-state index in [-0.39, 0.29) is 39.0 Å². The first-order valence-corrected chi connectivity index (χ1v) is 16.1. The van der Waals surface area contributed by atoms with Gasteiger partial charge in [0.05, 0.1) is 5.41 Å². The zero-order chi connectivity index (χ0) is 28.8. The maximum atomic E-state index is 14.1. The van der Waals surface area contributed by atoms with E-state index in [2.05, 4.69) is 54.5 Å². The number of Topliss-reactive ketones (excluding diaryl/α,β-unsaturated/α-hetero) is 1. The summed E-state index contributed by atoms with van der Waals surface area (Å²) in [7, 11) is 0. The van der Waals surface area contributed by atoms with E-state index in [0.717, 1.165) is 63.4 Å². The van der Waals surface area contributed by atoms with E-state index in [1.807, 2.05) is 30.3 Å². The van der Waals surface area contributed by atoms with Crippen LogP contribution in [0.3, 0.4) is 0 Å². The molecule has 0 saturated heterocycles. The lowest BCUT2D eigenvalue weighted by Gasteiger charge is -2.70. The highest BCUT2D eigenvalue weighted by molar-refractivity contribution is 5.85. The minimum Gasteiger partial charge on any atom is -0.460 e. The van der Waals surface area contributed by atoms with Gasteiger partial charge in [0, 0.05) is 11.8 Å². The molecule has 0 spiro atoms. The Bertz CT molecular complexity index is 1230. The molecule has 0 N–H and O–H groups in total. The maximum absolute atomic E-state index is 14.1. The summed E-state index contributed by atoms with van der Waals surface area (Å²) in [6.45, 7) is 17.3. The molecule has 0 aromatic heterocycles. The van der Waals surface area contributed by atoms with Gasteiger partial charge >= 0.3 is 5.97 Å². The number of ether oxygens (including phenoxy) is 1. The molecule has 40 heavy (non-hydrogen) atoms. The van der Waals surface area contributed by atoms with E-state index in [1.54, 1.807) is 5.57 Å². The summed E-state index contributed by atoms with van der Waals surface area (Å²) in [4.78, 5) is 27.2. The maximum Gasteiger partial charge on any atom is 0.313 e. The first-order chi connectivity index (χ1) is 18.7. The second-order valence-corrected chi connectivity index (χ2v) is 16.6. The predicted molar refractivity (Wildman–Crippen MR) is 160 cm³/mol. The van der Waals surface area contributed by atoms with Crippen molar-refractivity contribution in [3.63, 3.8) is 0 Å². The van der Waals surface area contributed by atoms with Crippen LogP contribution in [0.1, 0.15) is 118 Å². The normalized spacial score (nSPS) is 43.3. The van der Waals surface area contributed by atoms with E-state index in [4.69, 9.17) is 4.74 Å². The molecule has 218 valence electrons. The summed E-state index contributed by atoms with van der Waals surface area (Å²) >= 11 is 0. The van der Waals surface area contributed by atoms with E-state index in [0.29, 0.717) is 24.2 Å². The highest BCUT2D eigenvalue weighted by atomic mass is 16.5. The Morgan fingerprint density at radius 2 is 1.57 bits per heavy atom. The number of carbonyl (C=O) groups excluding carboxylic acids is 2. The molecule has 0 heterocycles. The lowest BCUT2D eigenvalue weighted by atomic mass is 9.33. The van der Waals surface area contributed by atoms with Gasteiger partial charge in [0.25, 0.3) is 0 Å². The number of allylic oxidation sites excluding steroid dienone is 2. The molecule has 0 bridgehead atoms. The van der Waals surface area contributed by atoms with Crippen LogP contribution in [0.2, 0.25) is 0 Å². The fourth-order valence-corrected chi connectivity index (χ4v) is 11.3. The SMILES string of the molecule is CC1(C)CC[C@]2(C(=O)OCc3ccccc3)CC[C@]3(C)C(=CC[C@@H]4[C@@]5(C)CCC(=O)C(C)(C)C5CC[C@]43C)[C@H]2C1. The topological polar surface area (TPSA) is 43.4 Å². The molecule has 5 aliphatic carbocycles. The van der Waals surface area contributed by atoms with Gasteiger partial charge in [-0.3, -0.25) is 9.59 Å². The second-order valence-electron chi connectivity index (χ2n) is 16.6. The molecule has 7 atom stereocenters. The fourth-order valence-electron chi connectivity index (χ4n) is 11.3. The molecule has 3 heteroatoms. The Kier molecular flexibility index (Phi) is 6.39. The summed E-state index contributed by atoms with van der Waals surface area (Å²) in [5.74, 6) is 1.80. The third-order valence-corrected chi connectivity index (χ3v) is 14.0. The Labute approximate surface area is 242 Å². The smallest absolute Gasteiger partial charge is 0.313 e. The van der Waals surface area contributed by atoms with Crippen molar-refractivity contribution < 1.29 is 14.3 Å². The first kappa shape index (κ1) is 28.2. The molecule has 1 aromatic carbocycles. The number of rotatable bonds is 3. The number of hydrogen-bond donors (Lipinski definition) is 0. The second kappa shape index (κ2) is 9.05. The van der Waals surface area contributed by atoms with Crippen LogP contribution < -0.4 is 0 Å². The highest BCUT2D eigenvalue weighted by Gasteiger charge is 2.69. The Morgan fingerprint density at radius 3 is 2.30 bits per heavy atom. The zero-order valence-corrected chi connectivity index (χ0v) is 26.2. The van der Waals surface area contributed by atoms with Crippen LogP contribution in [-0.2, 0) is 20.9 Å². The largest absolute Gasteiger partial charge is 0.460 e. The summed E-state index contributed by atoms with van der Waals surface area (Å²) in [6, 6.07) is 10.1. The summed E-state index contributed by atoms with van der Waals surface area (Å²) < 4.78 is 6.16. The molecule has 1 unspecified atom stereocenters. The van der Waals surface area contributed by atoms with Gasteiger partial charge in [0.1, 0.15) is 12.4 Å². The van der Waals surface area contributed by atoms with Gasteiger partial charge in [-0.1, -0.05) is 90.4 Å². The van der Waals surface area contributed by atoms with E-state index >= 15 is 0 Å². The van der Waals surface area contributed by atoms with Crippen LogP contribution in [0.4, 0.5) is 0 Å². The summed E-state index contributed by atoms with van der Waals surface area (Å²) in [5.41, 5.74) is 2.68. The molecular formula is C37H52O3. The van der Waals surface area contributed by atoms with Crippen LogP contribution in [0, 0.1) is 50.2 Å². The van der Waals surface area contributed by atoms with E-state index in [9.17, 15) is 9.59 Å². The van der Waals surface area contributed by atoms with Gasteiger partial charge < -0.3 is 4.74 Å². The third-order valence-electron chi connectivity index (χ3n) is 14.0. The van der Waals surface area contributed by atoms with Crippen molar-refractivity contribution in [1.29, 1.82) is 0 Å². The lowest BCUT2D eigenvalue weighted by molar-refractivity contribution is -0.191. The van der Waals surface area contributed by atoms with Gasteiger partial charge in [0.15, 0.2) is 0 Å². The lowest BCUT2D eigenvalue weighted by Crippen LogP contribution is -2.64. The van der Waals surface area contributed by atoms with Crippen molar-refractivity contribution in [3.05, 3.63) is 47.5 Å². The van der Waals surface area contributed by atoms with Crippen LogP contribution in [-0.4, -0.2) is 11.8 Å². The van der Waals surface area contributed by atoms with Crippen LogP contribution in [0.25, 0.3) is 0 Å². The standard InChI is InChI=1S/C37H52O3/c1-32(2)19-21-37(31(39)40-24-25-11-9-8-10-12-25)22-20-35(6)26(27(37)23-32)13-14-29-34(5)17-16-30(38)33(3,4)28(34)15-18-36(29,35)7/h8-13,27-29H,14-24H2,1-7H3/t27-,28?,29-,34+,35-,36-,37+/m1/s1. The zero-order valence-electron chi connectivity index (χ0n) is 26.2. The van der Waals surface area contributed by atoms with Crippen molar-refractivity contribution in [2.24, 2.45) is 50.2 Å². The molecule has 0 radical (unpaired) electrons. The van der Waals surface area contributed by atoms with E-state index < -0.39 is 5.41 Å². The molecule has 4 fully saturated rings. The van der Waals surface area contributed by atoms with Gasteiger partial charge in [-0.05, 0) is 103 Å². The number of carbonyl (C=O) groups is 2. The minimum atomic E-state index is -0.404. The average molecular weight is 545 g/mol. The van der Waals surface area contributed by atoms with Crippen molar-refractivity contribution in [1.82, 2.24) is 0 Å². The number of esters is 1. The van der Waals surface area contributed by atoms with Gasteiger partial charge in [-0.15, -0.1) is 0 Å². The van der Waals surface area contributed by atoms with Crippen molar-refractivity contribution in [2.75, 3.05) is 0 Å². The molecule has 3 nitrogen and oxygen atoms in total. The number of benzene rings is 1. The third kappa shape index (κ3) is 3.81. The van der Waals surface area contributed by atoms with Gasteiger partial charge in [-0.25, -0.2) is 0 Å². The molecular weight excluding hydrogens is 492 g/mol. The van der Waals surface area contributed by atoms with Crippen molar-refractivity contribution in [2.45, 2.75) is 119 Å². The van der Waals surface area contributed by atoms with Crippen LogP contribution >= 0.6 is 0 Å². The Morgan fingerprint density at radius 1 is 0.875 bits per heavy atom. The Balaban J connectivity index is 1.37. The monoisotopic (exact) mass is 544 g/mol. The minimum absolute atomic E-state index is 0.0373.